The highest BCUT2D eigenvalue weighted by molar-refractivity contribution is 6.30. The van der Waals surface area contributed by atoms with Gasteiger partial charge in [-0.1, -0.05) is 41.9 Å². The second-order valence-corrected chi connectivity index (χ2v) is 10.1. The molecule has 2 aromatic carbocycles. The van der Waals surface area contributed by atoms with Gasteiger partial charge < -0.3 is 10.4 Å². The number of rotatable bonds is 2. The number of halogens is 1. The third-order valence-corrected chi connectivity index (χ3v) is 7.03. The predicted octanol–water partition coefficient (Wildman–Crippen LogP) is 2.59. The number of nitrogens with one attached hydrogen (secondary N) is 2. The van der Waals surface area contributed by atoms with Crippen LogP contribution in [0.3, 0.4) is 0 Å². The van der Waals surface area contributed by atoms with Crippen molar-refractivity contribution in [1.29, 1.82) is 0 Å². The first kappa shape index (κ1) is 21.1. The second-order valence-electron chi connectivity index (χ2n) is 9.66. The first-order chi connectivity index (χ1) is 15.1. The Hall–Kier alpha value is -2.74. The fraction of sp³-hybridized carbons (Fsp3) is 0.375. The summed E-state index contributed by atoms with van der Waals surface area (Å²) in [7, 11) is 0. The molecule has 2 fully saturated rings. The van der Waals surface area contributed by atoms with E-state index in [0.29, 0.717) is 21.8 Å². The summed E-state index contributed by atoms with van der Waals surface area (Å²) in [5.41, 5.74) is -0.442. The molecule has 8 heteroatoms. The maximum atomic E-state index is 13.7. The number of hydrogen-bond acceptors (Lipinski definition) is 5. The van der Waals surface area contributed by atoms with Crippen LogP contribution in [0, 0.1) is 11.8 Å². The van der Waals surface area contributed by atoms with Crippen molar-refractivity contribution in [3.8, 4) is 0 Å². The Morgan fingerprint density at radius 3 is 2.34 bits per heavy atom. The highest BCUT2D eigenvalue weighted by Crippen LogP contribution is 2.55. The predicted molar refractivity (Wildman–Crippen MR) is 119 cm³/mol. The number of anilines is 1. The fourth-order valence-electron chi connectivity index (χ4n) is 5.49. The number of nitrogens with zero attached hydrogens (tertiary/aromatic N) is 1. The van der Waals surface area contributed by atoms with Crippen LogP contribution in [0.5, 0.6) is 0 Å². The Labute approximate surface area is 190 Å². The van der Waals surface area contributed by atoms with Crippen molar-refractivity contribution in [2.75, 3.05) is 5.32 Å². The normalized spacial score (nSPS) is 30.0. The van der Waals surface area contributed by atoms with E-state index >= 15 is 0 Å². The van der Waals surface area contributed by atoms with Crippen molar-refractivity contribution in [2.24, 2.45) is 11.8 Å². The molecule has 0 bridgehead atoms. The van der Waals surface area contributed by atoms with Crippen LogP contribution in [0.1, 0.15) is 38.0 Å². The number of carbonyl (C=O) groups excluding carboxylic acids is 3. The van der Waals surface area contributed by atoms with E-state index in [1.807, 2.05) is 0 Å². The van der Waals surface area contributed by atoms with Gasteiger partial charge in [-0.3, -0.25) is 24.6 Å². The SMILES string of the molecule is CC(C)(C)N1C(=O)[C@H]2[C@@H]([C@H](O)c3ccc(Cl)cc3)N[C@@]3(C(=O)Nc4ccccc43)[C@@H]2C1=O. The van der Waals surface area contributed by atoms with Crippen molar-refractivity contribution >= 4 is 35.0 Å². The van der Waals surface area contributed by atoms with Crippen LogP contribution in [-0.4, -0.2) is 39.3 Å². The number of aliphatic hydroxyl groups excluding tert-OH is 1. The summed E-state index contributed by atoms with van der Waals surface area (Å²) in [6.45, 7) is 5.37. The number of para-hydroxylation sites is 1. The monoisotopic (exact) mass is 453 g/mol. The van der Waals surface area contributed by atoms with Gasteiger partial charge >= 0.3 is 0 Å². The largest absolute Gasteiger partial charge is 0.387 e. The molecular formula is C24H24ClN3O4. The molecule has 0 saturated carbocycles. The summed E-state index contributed by atoms with van der Waals surface area (Å²) in [6.07, 6.45) is -1.13. The van der Waals surface area contributed by atoms with Crippen molar-refractivity contribution in [2.45, 2.75) is 44.0 Å². The van der Waals surface area contributed by atoms with Gasteiger partial charge in [0.25, 0.3) is 0 Å². The Kier molecular flexibility index (Phi) is 4.54. The molecule has 0 aromatic heterocycles. The Bertz CT molecular complexity index is 1140. The molecule has 2 aromatic rings. The van der Waals surface area contributed by atoms with E-state index in [0.717, 1.165) is 0 Å². The minimum atomic E-state index is -1.44. The van der Waals surface area contributed by atoms with Crippen LogP contribution in [0.4, 0.5) is 5.69 Å². The second kappa shape index (κ2) is 6.88. The molecule has 0 radical (unpaired) electrons. The van der Waals surface area contributed by atoms with Gasteiger partial charge in [0.05, 0.1) is 24.0 Å². The smallest absolute Gasteiger partial charge is 0.250 e. The van der Waals surface area contributed by atoms with Crippen molar-refractivity contribution in [3.05, 3.63) is 64.7 Å². The number of amides is 3. The highest BCUT2D eigenvalue weighted by atomic mass is 35.5. The average molecular weight is 454 g/mol. The van der Waals surface area contributed by atoms with Crippen LogP contribution < -0.4 is 10.6 Å². The van der Waals surface area contributed by atoms with Crippen LogP contribution >= 0.6 is 11.6 Å². The topological polar surface area (TPSA) is 98.7 Å². The zero-order valence-corrected chi connectivity index (χ0v) is 18.7. The van der Waals surface area contributed by atoms with Gasteiger partial charge in [-0.25, -0.2) is 0 Å². The molecule has 3 aliphatic heterocycles. The quantitative estimate of drug-likeness (QED) is 0.607. The molecule has 5 atom stereocenters. The van der Waals surface area contributed by atoms with Gasteiger partial charge in [-0.05, 0) is 44.5 Å². The van der Waals surface area contributed by atoms with Crippen LogP contribution in [-0.2, 0) is 19.9 Å². The molecule has 5 rings (SSSR count). The number of aliphatic hydroxyl groups is 1. The lowest BCUT2D eigenvalue weighted by molar-refractivity contribution is -0.148. The van der Waals surface area contributed by atoms with E-state index < -0.39 is 46.9 Å². The maximum absolute atomic E-state index is 13.7. The van der Waals surface area contributed by atoms with E-state index in [2.05, 4.69) is 10.6 Å². The molecule has 1 spiro atoms. The standard InChI is InChI=1S/C24H24ClN3O4/c1-23(2,3)28-20(30)16-17(21(28)31)24(14-6-4-5-7-15(14)26-22(24)32)27-18(16)19(29)12-8-10-13(25)11-9-12/h4-11,16-19,27,29H,1-3H3,(H,26,32)/t16-,17+,18+,19-,24-/m1/s1. The van der Waals surface area contributed by atoms with Crippen LogP contribution in [0.15, 0.2) is 48.5 Å². The van der Waals surface area contributed by atoms with Crippen LogP contribution in [0.25, 0.3) is 0 Å². The third-order valence-electron chi connectivity index (χ3n) is 6.78. The molecule has 3 heterocycles. The summed E-state index contributed by atoms with van der Waals surface area (Å²) in [5, 5.41) is 17.9. The number of carbonyl (C=O) groups is 3. The van der Waals surface area contributed by atoms with Gasteiger partial charge in [0.15, 0.2) is 0 Å². The minimum Gasteiger partial charge on any atom is -0.387 e. The number of imide groups is 1. The average Bonchev–Trinajstić information content (AvgIpc) is 3.32. The van der Waals surface area contributed by atoms with E-state index in [9.17, 15) is 19.5 Å². The number of benzene rings is 2. The Balaban J connectivity index is 1.68. The molecule has 3 amide bonds. The van der Waals surface area contributed by atoms with Crippen molar-refractivity contribution < 1.29 is 19.5 Å². The zero-order chi connectivity index (χ0) is 23.0. The van der Waals surface area contributed by atoms with E-state index in [-0.39, 0.29) is 5.91 Å². The lowest BCUT2D eigenvalue weighted by Gasteiger charge is -2.35. The molecule has 3 aliphatic rings. The zero-order valence-electron chi connectivity index (χ0n) is 17.9. The molecule has 0 unspecified atom stereocenters. The first-order valence-electron chi connectivity index (χ1n) is 10.6. The lowest BCUT2D eigenvalue weighted by atomic mass is 9.76. The first-order valence-corrected chi connectivity index (χ1v) is 11.0. The van der Waals surface area contributed by atoms with Crippen molar-refractivity contribution in [1.82, 2.24) is 10.2 Å². The van der Waals surface area contributed by atoms with Gasteiger partial charge in [-0.2, -0.15) is 0 Å². The summed E-state index contributed by atoms with van der Waals surface area (Å²) >= 11 is 5.99. The Morgan fingerprint density at radius 2 is 1.69 bits per heavy atom. The van der Waals surface area contributed by atoms with E-state index in [1.165, 1.54) is 4.90 Å². The molecule has 2 saturated heterocycles. The number of hydrogen-bond donors (Lipinski definition) is 3. The number of likely N-dealkylation sites (tertiary alicyclic amines) is 1. The maximum Gasteiger partial charge on any atom is 0.250 e. The molecular weight excluding hydrogens is 430 g/mol. The summed E-state index contributed by atoms with van der Waals surface area (Å²) in [5.74, 6) is -3.05. The molecule has 0 aliphatic carbocycles. The highest BCUT2D eigenvalue weighted by Gasteiger charge is 2.72. The number of fused-ring (bicyclic) bond motifs is 4. The van der Waals surface area contributed by atoms with Gasteiger partial charge in [0, 0.05) is 21.8 Å². The molecule has 7 nitrogen and oxygen atoms in total. The van der Waals surface area contributed by atoms with Gasteiger partial charge in [0.2, 0.25) is 17.7 Å². The lowest BCUT2D eigenvalue weighted by Crippen LogP contribution is -2.56. The minimum absolute atomic E-state index is 0.382. The third kappa shape index (κ3) is 2.71. The van der Waals surface area contributed by atoms with E-state index in [1.54, 1.807) is 69.3 Å². The van der Waals surface area contributed by atoms with Gasteiger partial charge in [-0.15, -0.1) is 0 Å². The fourth-order valence-corrected chi connectivity index (χ4v) is 5.61. The summed E-state index contributed by atoms with van der Waals surface area (Å²) in [4.78, 5) is 42.0. The van der Waals surface area contributed by atoms with Gasteiger partial charge in [0.1, 0.15) is 5.54 Å². The van der Waals surface area contributed by atoms with E-state index in [4.69, 9.17) is 11.6 Å². The summed E-state index contributed by atoms with van der Waals surface area (Å²) < 4.78 is 0. The molecule has 166 valence electrons. The summed E-state index contributed by atoms with van der Waals surface area (Å²) in [6, 6.07) is 13.0. The molecule has 3 N–H and O–H groups in total. The van der Waals surface area contributed by atoms with Crippen LogP contribution in [0.2, 0.25) is 5.02 Å². The Morgan fingerprint density at radius 1 is 1.03 bits per heavy atom. The molecule has 32 heavy (non-hydrogen) atoms. The van der Waals surface area contributed by atoms with Crippen molar-refractivity contribution in [3.63, 3.8) is 0 Å².